The van der Waals surface area contributed by atoms with Crippen LogP contribution in [-0.2, 0) is 11.3 Å². The van der Waals surface area contributed by atoms with E-state index in [1.54, 1.807) is 16.7 Å². The van der Waals surface area contributed by atoms with Crippen LogP contribution in [0.4, 0.5) is 5.69 Å². The highest BCUT2D eigenvalue weighted by molar-refractivity contribution is 9.10. The van der Waals surface area contributed by atoms with Crippen LogP contribution in [0.25, 0.3) is 10.9 Å². The first-order chi connectivity index (χ1) is 15.4. The SMILES string of the molecule is Cc1cccc(OCC(=O)N=Nc2c(O)n(Cc3ccccc3Cl)c3ccc(Br)cc23)c1. The van der Waals surface area contributed by atoms with Gasteiger partial charge >= 0.3 is 5.91 Å². The third kappa shape index (κ3) is 4.84. The predicted molar refractivity (Wildman–Crippen MR) is 128 cm³/mol. The predicted octanol–water partition coefficient (Wildman–Crippen LogP) is 6.81. The molecule has 0 saturated heterocycles. The highest BCUT2D eigenvalue weighted by Gasteiger charge is 2.18. The molecule has 1 aromatic heterocycles. The van der Waals surface area contributed by atoms with E-state index in [0.29, 0.717) is 22.7 Å². The van der Waals surface area contributed by atoms with Crippen molar-refractivity contribution in [3.05, 3.63) is 87.4 Å². The fourth-order valence-electron chi connectivity index (χ4n) is 3.34. The molecule has 162 valence electrons. The molecule has 0 spiro atoms. The number of carbonyl (C=O) groups is 1. The number of aromatic nitrogens is 1. The minimum Gasteiger partial charge on any atom is -0.493 e. The summed E-state index contributed by atoms with van der Waals surface area (Å²) in [6.07, 6.45) is 0. The van der Waals surface area contributed by atoms with Crippen LogP contribution in [0.15, 0.2) is 81.4 Å². The Morgan fingerprint density at radius 3 is 2.72 bits per heavy atom. The highest BCUT2D eigenvalue weighted by atomic mass is 79.9. The van der Waals surface area contributed by atoms with Crippen LogP contribution >= 0.6 is 27.5 Å². The Kier molecular flexibility index (Phi) is 6.58. The summed E-state index contributed by atoms with van der Waals surface area (Å²) in [7, 11) is 0. The highest BCUT2D eigenvalue weighted by Crippen LogP contribution is 2.40. The summed E-state index contributed by atoms with van der Waals surface area (Å²) in [6.45, 7) is 2.02. The number of benzene rings is 3. The molecule has 4 rings (SSSR count). The summed E-state index contributed by atoms with van der Waals surface area (Å²) in [5.41, 5.74) is 2.81. The van der Waals surface area contributed by atoms with Crippen LogP contribution in [0, 0.1) is 6.92 Å². The van der Waals surface area contributed by atoms with Crippen molar-refractivity contribution in [3.8, 4) is 11.6 Å². The molecule has 0 unspecified atom stereocenters. The van der Waals surface area contributed by atoms with Crippen molar-refractivity contribution in [3.63, 3.8) is 0 Å². The Morgan fingerprint density at radius 1 is 1.12 bits per heavy atom. The van der Waals surface area contributed by atoms with E-state index in [1.807, 2.05) is 61.5 Å². The molecule has 1 amide bonds. The van der Waals surface area contributed by atoms with Crippen molar-refractivity contribution in [2.75, 3.05) is 6.61 Å². The van der Waals surface area contributed by atoms with Gasteiger partial charge in [-0.15, -0.1) is 10.2 Å². The van der Waals surface area contributed by atoms with Crippen LogP contribution in [0.3, 0.4) is 0 Å². The zero-order chi connectivity index (χ0) is 22.7. The van der Waals surface area contributed by atoms with Gasteiger partial charge in [0.15, 0.2) is 12.3 Å². The summed E-state index contributed by atoms with van der Waals surface area (Å²) in [6, 6.07) is 20.3. The van der Waals surface area contributed by atoms with Crippen LogP contribution in [0.1, 0.15) is 11.1 Å². The number of rotatable bonds is 6. The molecule has 0 radical (unpaired) electrons. The molecule has 4 aromatic rings. The van der Waals surface area contributed by atoms with Gasteiger partial charge in [0.1, 0.15) is 5.75 Å². The number of ether oxygens (including phenoxy) is 1. The molecule has 0 fully saturated rings. The number of halogens is 2. The normalized spacial score (nSPS) is 11.3. The third-order valence-corrected chi connectivity index (χ3v) is 5.73. The first kappa shape index (κ1) is 22.0. The number of hydrogen-bond acceptors (Lipinski definition) is 4. The van der Waals surface area contributed by atoms with E-state index < -0.39 is 5.91 Å². The first-order valence-electron chi connectivity index (χ1n) is 9.80. The maximum absolute atomic E-state index is 12.2. The molecule has 1 N–H and O–H groups in total. The van der Waals surface area contributed by atoms with Gasteiger partial charge in [0, 0.05) is 14.9 Å². The van der Waals surface area contributed by atoms with Crippen LogP contribution in [0.5, 0.6) is 11.6 Å². The molecular formula is C24H19BrClN3O3. The molecule has 6 nitrogen and oxygen atoms in total. The number of fused-ring (bicyclic) bond motifs is 1. The fourth-order valence-corrected chi connectivity index (χ4v) is 3.89. The van der Waals surface area contributed by atoms with Gasteiger partial charge < -0.3 is 14.4 Å². The van der Waals surface area contributed by atoms with Gasteiger partial charge in [-0.1, -0.05) is 57.9 Å². The minimum atomic E-state index is -0.562. The summed E-state index contributed by atoms with van der Waals surface area (Å²) in [5, 5.41) is 20.0. The van der Waals surface area contributed by atoms with Crippen molar-refractivity contribution in [2.45, 2.75) is 13.5 Å². The van der Waals surface area contributed by atoms with Gasteiger partial charge in [0.25, 0.3) is 0 Å². The number of hydrogen-bond donors (Lipinski definition) is 1. The molecule has 32 heavy (non-hydrogen) atoms. The smallest absolute Gasteiger partial charge is 0.302 e. The Morgan fingerprint density at radius 2 is 1.94 bits per heavy atom. The van der Waals surface area contributed by atoms with Gasteiger partial charge in [0.05, 0.1) is 12.1 Å². The Balaban J connectivity index is 1.61. The lowest BCUT2D eigenvalue weighted by atomic mass is 10.2. The van der Waals surface area contributed by atoms with Crippen molar-refractivity contribution in [1.29, 1.82) is 0 Å². The van der Waals surface area contributed by atoms with Gasteiger partial charge in [-0.25, -0.2) is 0 Å². The molecular weight excluding hydrogens is 494 g/mol. The second-order valence-corrected chi connectivity index (χ2v) is 8.53. The second-order valence-electron chi connectivity index (χ2n) is 7.21. The number of amides is 1. The molecule has 8 heteroatoms. The molecule has 0 aliphatic carbocycles. The standard InChI is InChI=1S/C24H19BrClN3O3/c1-15-5-4-7-18(11-15)32-14-22(30)27-28-23-19-12-17(25)9-10-21(19)29(24(23)31)13-16-6-2-3-8-20(16)26/h2-12,31H,13-14H2,1H3. The summed E-state index contributed by atoms with van der Waals surface area (Å²) in [5.74, 6) is -0.0845. The van der Waals surface area contributed by atoms with Crippen molar-refractivity contribution in [1.82, 2.24) is 4.57 Å². The minimum absolute atomic E-state index is 0.103. The lowest BCUT2D eigenvalue weighted by molar-refractivity contribution is -0.120. The third-order valence-electron chi connectivity index (χ3n) is 4.87. The lowest BCUT2D eigenvalue weighted by Crippen LogP contribution is -2.07. The molecule has 0 saturated carbocycles. The summed E-state index contributed by atoms with van der Waals surface area (Å²) in [4.78, 5) is 12.2. The maximum atomic E-state index is 12.2. The summed E-state index contributed by atoms with van der Waals surface area (Å²) >= 11 is 9.75. The summed E-state index contributed by atoms with van der Waals surface area (Å²) < 4.78 is 7.97. The van der Waals surface area contributed by atoms with Gasteiger partial charge in [0.2, 0.25) is 5.88 Å². The molecule has 0 atom stereocenters. The lowest BCUT2D eigenvalue weighted by Gasteiger charge is -2.08. The topological polar surface area (TPSA) is 76.2 Å². The molecule has 1 heterocycles. The molecule has 0 aliphatic rings. The van der Waals surface area contributed by atoms with Crippen molar-refractivity contribution < 1.29 is 14.6 Å². The Labute approximate surface area is 198 Å². The zero-order valence-corrected chi connectivity index (χ0v) is 19.5. The number of aromatic hydroxyl groups is 1. The van der Waals surface area contributed by atoms with E-state index in [-0.39, 0.29) is 18.2 Å². The van der Waals surface area contributed by atoms with Crippen molar-refractivity contribution in [2.24, 2.45) is 10.2 Å². The Bertz CT molecular complexity index is 1330. The van der Waals surface area contributed by atoms with Gasteiger partial charge in [-0.3, -0.25) is 4.79 Å². The van der Waals surface area contributed by atoms with Crippen LogP contribution < -0.4 is 4.74 Å². The number of carbonyl (C=O) groups excluding carboxylic acids is 1. The number of azo groups is 1. The molecule has 3 aromatic carbocycles. The molecule has 0 bridgehead atoms. The molecule has 0 aliphatic heterocycles. The van der Waals surface area contributed by atoms with E-state index in [1.165, 1.54) is 0 Å². The Hall–Kier alpha value is -3.16. The number of nitrogens with zero attached hydrogens (tertiary/aromatic N) is 3. The van der Waals surface area contributed by atoms with Crippen molar-refractivity contribution >= 4 is 50.0 Å². The average molecular weight is 513 g/mol. The maximum Gasteiger partial charge on any atom is 0.302 e. The first-order valence-corrected chi connectivity index (χ1v) is 11.0. The zero-order valence-electron chi connectivity index (χ0n) is 17.1. The monoisotopic (exact) mass is 511 g/mol. The van der Waals surface area contributed by atoms with E-state index in [0.717, 1.165) is 21.1 Å². The number of aryl methyl sites for hydroxylation is 1. The van der Waals surface area contributed by atoms with Gasteiger partial charge in [-0.2, -0.15) is 0 Å². The quantitative estimate of drug-likeness (QED) is 0.288. The largest absolute Gasteiger partial charge is 0.493 e. The van der Waals surface area contributed by atoms with E-state index >= 15 is 0 Å². The van der Waals surface area contributed by atoms with Crippen LogP contribution in [0.2, 0.25) is 5.02 Å². The second kappa shape index (κ2) is 9.54. The van der Waals surface area contributed by atoms with E-state index in [2.05, 4.69) is 26.2 Å². The van der Waals surface area contributed by atoms with E-state index in [4.69, 9.17) is 16.3 Å². The van der Waals surface area contributed by atoms with Gasteiger partial charge in [-0.05, 0) is 54.4 Å². The fraction of sp³-hybridized carbons (Fsp3) is 0.125. The van der Waals surface area contributed by atoms with Crippen LogP contribution in [-0.4, -0.2) is 22.2 Å². The average Bonchev–Trinajstić information content (AvgIpc) is 3.02. The van der Waals surface area contributed by atoms with E-state index in [9.17, 15) is 9.90 Å².